The van der Waals surface area contributed by atoms with Crippen LogP contribution in [0.15, 0.2) is 60.7 Å². The van der Waals surface area contributed by atoms with Crippen LogP contribution in [0.1, 0.15) is 15.9 Å². The van der Waals surface area contributed by atoms with E-state index in [2.05, 4.69) is 5.32 Å². The largest absolute Gasteiger partial charge is 0.492 e. The predicted molar refractivity (Wildman–Crippen MR) is 92.9 cm³/mol. The predicted octanol–water partition coefficient (Wildman–Crippen LogP) is 4.10. The van der Waals surface area contributed by atoms with Crippen molar-refractivity contribution in [2.45, 2.75) is 6.92 Å². The number of rotatable bonds is 5. The van der Waals surface area contributed by atoms with E-state index in [0.29, 0.717) is 24.3 Å². The molecule has 0 spiro atoms. The Morgan fingerprint density at radius 2 is 1.83 bits per heavy atom. The molecule has 0 radical (unpaired) electrons. The molecule has 1 amide bonds. The van der Waals surface area contributed by atoms with E-state index in [1.54, 1.807) is 19.1 Å². The quantitative estimate of drug-likeness (QED) is 0.718. The van der Waals surface area contributed by atoms with E-state index in [0.717, 1.165) is 16.5 Å². The average molecular weight is 323 g/mol. The first-order chi connectivity index (χ1) is 11.6. The van der Waals surface area contributed by atoms with Crippen molar-refractivity contribution in [2.24, 2.45) is 0 Å². The zero-order valence-electron chi connectivity index (χ0n) is 13.4. The van der Waals surface area contributed by atoms with Crippen LogP contribution in [-0.4, -0.2) is 19.1 Å². The average Bonchev–Trinajstić information content (AvgIpc) is 2.60. The molecule has 1 N–H and O–H groups in total. The van der Waals surface area contributed by atoms with Gasteiger partial charge in [0.1, 0.15) is 18.2 Å². The molecule has 0 saturated heterocycles. The summed E-state index contributed by atoms with van der Waals surface area (Å²) in [5.41, 5.74) is 0.829. The number of halogens is 1. The summed E-state index contributed by atoms with van der Waals surface area (Å²) in [7, 11) is 0. The second-order valence-electron chi connectivity index (χ2n) is 5.58. The standard InChI is InChI=1S/C20H18FNO2/c1-14-6-7-17(13-19(14)21)20(23)22-10-11-24-18-9-8-15-4-2-3-5-16(15)12-18/h2-9,12-13H,10-11H2,1H3,(H,22,23). The highest BCUT2D eigenvalue weighted by Crippen LogP contribution is 2.20. The summed E-state index contributed by atoms with van der Waals surface area (Å²) in [5, 5.41) is 4.98. The number of carbonyl (C=O) groups is 1. The molecule has 3 rings (SSSR count). The summed E-state index contributed by atoms with van der Waals surface area (Å²) < 4.78 is 19.1. The van der Waals surface area contributed by atoms with Gasteiger partial charge in [0.05, 0.1) is 6.54 Å². The topological polar surface area (TPSA) is 38.3 Å². The number of hydrogen-bond acceptors (Lipinski definition) is 2. The van der Waals surface area contributed by atoms with E-state index in [9.17, 15) is 9.18 Å². The minimum absolute atomic E-state index is 0.309. The number of benzene rings is 3. The van der Waals surface area contributed by atoms with Gasteiger partial charge in [-0.25, -0.2) is 4.39 Å². The maximum atomic E-state index is 13.5. The zero-order chi connectivity index (χ0) is 16.9. The van der Waals surface area contributed by atoms with Crippen molar-refractivity contribution in [2.75, 3.05) is 13.2 Å². The smallest absolute Gasteiger partial charge is 0.251 e. The first-order valence-corrected chi connectivity index (χ1v) is 7.79. The lowest BCUT2D eigenvalue weighted by atomic mass is 10.1. The highest BCUT2D eigenvalue weighted by atomic mass is 19.1. The monoisotopic (exact) mass is 323 g/mol. The number of amides is 1. The summed E-state index contributed by atoms with van der Waals surface area (Å²) in [6, 6.07) is 18.3. The van der Waals surface area contributed by atoms with E-state index >= 15 is 0 Å². The van der Waals surface area contributed by atoms with Crippen LogP contribution in [0.4, 0.5) is 4.39 Å². The molecule has 0 atom stereocenters. The Morgan fingerprint density at radius 3 is 2.62 bits per heavy atom. The Morgan fingerprint density at radius 1 is 1.04 bits per heavy atom. The van der Waals surface area contributed by atoms with Gasteiger partial charge in [0, 0.05) is 5.56 Å². The van der Waals surface area contributed by atoms with Crippen LogP contribution in [0.25, 0.3) is 10.8 Å². The van der Waals surface area contributed by atoms with Gasteiger partial charge in [-0.2, -0.15) is 0 Å². The van der Waals surface area contributed by atoms with Crippen LogP contribution >= 0.6 is 0 Å². The molecule has 0 heterocycles. The van der Waals surface area contributed by atoms with Gasteiger partial charge in [-0.1, -0.05) is 36.4 Å². The minimum atomic E-state index is -0.380. The highest BCUT2D eigenvalue weighted by Gasteiger charge is 2.07. The van der Waals surface area contributed by atoms with Crippen LogP contribution < -0.4 is 10.1 Å². The molecule has 0 unspecified atom stereocenters. The maximum absolute atomic E-state index is 13.5. The fourth-order valence-corrected chi connectivity index (χ4v) is 2.43. The fraction of sp³-hybridized carbons (Fsp3) is 0.150. The van der Waals surface area contributed by atoms with E-state index in [-0.39, 0.29) is 11.7 Å². The Bertz CT molecular complexity index is 876. The van der Waals surface area contributed by atoms with Gasteiger partial charge in [0.15, 0.2) is 0 Å². The molecular formula is C20H18FNO2. The first-order valence-electron chi connectivity index (χ1n) is 7.79. The molecule has 3 aromatic rings. The molecule has 122 valence electrons. The minimum Gasteiger partial charge on any atom is -0.492 e. The van der Waals surface area contributed by atoms with Crippen LogP contribution in [0.3, 0.4) is 0 Å². The number of fused-ring (bicyclic) bond motifs is 1. The summed E-state index contributed by atoms with van der Waals surface area (Å²) in [4.78, 5) is 12.0. The zero-order valence-corrected chi connectivity index (χ0v) is 13.4. The Kier molecular flexibility index (Phi) is 4.75. The third kappa shape index (κ3) is 3.71. The normalized spacial score (nSPS) is 10.6. The summed E-state index contributed by atoms with van der Waals surface area (Å²) in [6.07, 6.45) is 0. The van der Waals surface area contributed by atoms with Gasteiger partial charge in [-0.05, 0) is 47.5 Å². The molecule has 3 aromatic carbocycles. The summed E-state index contributed by atoms with van der Waals surface area (Å²) in [6.45, 7) is 2.36. The lowest BCUT2D eigenvalue weighted by Gasteiger charge is -2.09. The molecule has 3 nitrogen and oxygen atoms in total. The molecule has 0 aliphatic heterocycles. The number of hydrogen-bond donors (Lipinski definition) is 1. The molecule has 0 aliphatic carbocycles. The number of carbonyl (C=O) groups excluding carboxylic acids is 1. The molecule has 24 heavy (non-hydrogen) atoms. The van der Waals surface area contributed by atoms with Crippen molar-refractivity contribution in [3.63, 3.8) is 0 Å². The van der Waals surface area contributed by atoms with E-state index in [1.165, 1.54) is 6.07 Å². The van der Waals surface area contributed by atoms with Crippen LogP contribution in [0.5, 0.6) is 5.75 Å². The van der Waals surface area contributed by atoms with Gasteiger partial charge in [0.2, 0.25) is 0 Å². The Balaban J connectivity index is 1.52. The van der Waals surface area contributed by atoms with Gasteiger partial charge in [-0.15, -0.1) is 0 Å². The first kappa shape index (κ1) is 16.0. The molecule has 4 heteroatoms. The van der Waals surface area contributed by atoms with E-state index < -0.39 is 0 Å². The molecule has 0 fully saturated rings. The third-order valence-corrected chi connectivity index (χ3v) is 3.81. The number of nitrogens with one attached hydrogen (secondary N) is 1. The van der Waals surface area contributed by atoms with Crippen molar-refractivity contribution < 1.29 is 13.9 Å². The molecule has 0 saturated carbocycles. The molecular weight excluding hydrogens is 305 g/mol. The van der Waals surface area contributed by atoms with E-state index in [4.69, 9.17) is 4.74 Å². The summed E-state index contributed by atoms with van der Waals surface area (Å²) in [5.74, 6) is 0.0652. The Labute approximate surface area is 140 Å². The van der Waals surface area contributed by atoms with Gasteiger partial charge in [-0.3, -0.25) is 4.79 Å². The second kappa shape index (κ2) is 7.13. The van der Waals surface area contributed by atoms with Crippen molar-refractivity contribution in [3.05, 3.63) is 77.6 Å². The summed E-state index contributed by atoms with van der Waals surface area (Å²) >= 11 is 0. The lowest BCUT2D eigenvalue weighted by Crippen LogP contribution is -2.28. The van der Waals surface area contributed by atoms with Gasteiger partial charge in [0.25, 0.3) is 5.91 Å². The van der Waals surface area contributed by atoms with Crippen molar-refractivity contribution in [3.8, 4) is 5.75 Å². The highest BCUT2D eigenvalue weighted by molar-refractivity contribution is 5.94. The van der Waals surface area contributed by atoms with Gasteiger partial charge < -0.3 is 10.1 Å². The fourth-order valence-electron chi connectivity index (χ4n) is 2.43. The van der Waals surface area contributed by atoms with Crippen molar-refractivity contribution in [1.29, 1.82) is 0 Å². The number of aryl methyl sites for hydroxylation is 1. The van der Waals surface area contributed by atoms with Crippen molar-refractivity contribution >= 4 is 16.7 Å². The molecule has 0 aliphatic rings. The third-order valence-electron chi connectivity index (χ3n) is 3.81. The number of ether oxygens (including phenoxy) is 1. The van der Waals surface area contributed by atoms with Gasteiger partial charge >= 0.3 is 0 Å². The SMILES string of the molecule is Cc1ccc(C(=O)NCCOc2ccc3ccccc3c2)cc1F. The Hall–Kier alpha value is -2.88. The second-order valence-corrected chi connectivity index (χ2v) is 5.58. The van der Waals surface area contributed by atoms with Crippen molar-refractivity contribution in [1.82, 2.24) is 5.32 Å². The molecule has 0 aromatic heterocycles. The van der Waals surface area contributed by atoms with Crippen LogP contribution in [0, 0.1) is 12.7 Å². The van der Waals surface area contributed by atoms with E-state index in [1.807, 2.05) is 42.5 Å². The van der Waals surface area contributed by atoms with Crippen LogP contribution in [0.2, 0.25) is 0 Å². The maximum Gasteiger partial charge on any atom is 0.251 e. The van der Waals surface area contributed by atoms with Crippen LogP contribution in [-0.2, 0) is 0 Å². The molecule has 0 bridgehead atoms. The lowest BCUT2D eigenvalue weighted by molar-refractivity contribution is 0.0946.